The molecule has 1 aromatic rings. The number of hydrogen-bond donors (Lipinski definition) is 1. The highest BCUT2D eigenvalue weighted by molar-refractivity contribution is 8.01. The van der Waals surface area contributed by atoms with Crippen LogP contribution in [0, 0.1) is 0 Å². The minimum absolute atomic E-state index is 0.0163. The van der Waals surface area contributed by atoms with E-state index in [-0.39, 0.29) is 10.7 Å². The van der Waals surface area contributed by atoms with Crippen molar-refractivity contribution in [2.45, 2.75) is 25.5 Å². The molecule has 1 aliphatic heterocycles. The average molecular weight is 356 g/mol. The molecule has 23 heavy (non-hydrogen) atoms. The summed E-state index contributed by atoms with van der Waals surface area (Å²) in [4.78, 5) is 16.9. The van der Waals surface area contributed by atoms with Crippen LogP contribution in [0.2, 0.25) is 5.02 Å². The largest absolute Gasteiger partial charge is 0.367 e. The van der Waals surface area contributed by atoms with Crippen LogP contribution in [0.3, 0.4) is 0 Å². The third-order valence-electron chi connectivity index (χ3n) is 3.71. The number of nitrogens with one attached hydrogen (secondary N) is 1. The fourth-order valence-corrected chi connectivity index (χ4v) is 3.21. The molecule has 1 aromatic carbocycles. The minimum atomic E-state index is 0.0163. The summed E-state index contributed by atoms with van der Waals surface area (Å²) in [6.07, 6.45) is 0. The first-order valence-corrected chi connectivity index (χ1v) is 9.28. The number of piperazine rings is 1. The summed E-state index contributed by atoms with van der Waals surface area (Å²) < 4.78 is 0.0754. The summed E-state index contributed by atoms with van der Waals surface area (Å²) in [7, 11) is 2.13. The van der Waals surface area contributed by atoms with Crippen LogP contribution in [0.4, 0.5) is 11.4 Å². The molecule has 0 aliphatic carbocycles. The van der Waals surface area contributed by atoms with Gasteiger partial charge in [0, 0.05) is 35.9 Å². The second-order valence-corrected chi connectivity index (χ2v) is 9.14. The number of halogens is 1. The molecular weight excluding hydrogens is 330 g/mol. The third kappa shape index (κ3) is 5.90. The van der Waals surface area contributed by atoms with Gasteiger partial charge in [0.2, 0.25) is 5.91 Å². The number of thioether (sulfide) groups is 1. The van der Waals surface area contributed by atoms with Crippen molar-refractivity contribution in [1.82, 2.24) is 4.90 Å². The fraction of sp³-hybridized carbons (Fsp3) is 0.588. The summed E-state index contributed by atoms with van der Waals surface area (Å²) in [5.41, 5.74) is 1.86. The molecule has 1 aliphatic rings. The summed E-state index contributed by atoms with van der Waals surface area (Å²) in [5, 5.41) is 3.67. The van der Waals surface area contributed by atoms with Gasteiger partial charge in [-0.3, -0.25) is 4.79 Å². The van der Waals surface area contributed by atoms with Crippen molar-refractivity contribution in [3.05, 3.63) is 23.2 Å². The first-order valence-electron chi connectivity index (χ1n) is 7.91. The molecule has 1 heterocycles. The molecular formula is C17H26ClN3OS. The summed E-state index contributed by atoms with van der Waals surface area (Å²) in [6, 6.07) is 5.73. The Kier molecular flexibility index (Phi) is 6.23. The van der Waals surface area contributed by atoms with E-state index in [0.717, 1.165) is 37.6 Å². The predicted molar refractivity (Wildman–Crippen MR) is 102 cm³/mol. The van der Waals surface area contributed by atoms with E-state index in [2.05, 4.69) is 42.9 Å². The van der Waals surface area contributed by atoms with Gasteiger partial charge in [-0.05, 0) is 25.2 Å². The van der Waals surface area contributed by atoms with Gasteiger partial charge in [0.25, 0.3) is 0 Å². The van der Waals surface area contributed by atoms with Gasteiger partial charge in [0.15, 0.2) is 0 Å². The zero-order valence-corrected chi connectivity index (χ0v) is 15.9. The second kappa shape index (κ2) is 7.77. The van der Waals surface area contributed by atoms with Crippen LogP contribution in [0.5, 0.6) is 0 Å². The molecule has 0 saturated carbocycles. The van der Waals surface area contributed by atoms with Gasteiger partial charge in [-0.25, -0.2) is 0 Å². The van der Waals surface area contributed by atoms with Gasteiger partial charge >= 0.3 is 0 Å². The fourth-order valence-electron chi connectivity index (χ4n) is 2.40. The lowest BCUT2D eigenvalue weighted by molar-refractivity contribution is -0.113. The molecule has 0 bridgehead atoms. The molecule has 1 N–H and O–H groups in total. The molecule has 6 heteroatoms. The van der Waals surface area contributed by atoms with E-state index in [0.29, 0.717) is 10.8 Å². The van der Waals surface area contributed by atoms with Crippen molar-refractivity contribution in [3.63, 3.8) is 0 Å². The van der Waals surface area contributed by atoms with Crippen LogP contribution in [0.25, 0.3) is 0 Å². The first-order chi connectivity index (χ1) is 10.7. The van der Waals surface area contributed by atoms with E-state index in [1.807, 2.05) is 18.2 Å². The van der Waals surface area contributed by atoms with Crippen LogP contribution in [0.1, 0.15) is 20.8 Å². The third-order valence-corrected chi connectivity index (χ3v) is 5.22. The summed E-state index contributed by atoms with van der Waals surface area (Å²) in [6.45, 7) is 10.3. The van der Waals surface area contributed by atoms with Crippen LogP contribution in [-0.2, 0) is 4.79 Å². The van der Waals surface area contributed by atoms with Crippen LogP contribution < -0.4 is 10.2 Å². The van der Waals surface area contributed by atoms with Crippen LogP contribution in [0.15, 0.2) is 18.2 Å². The Morgan fingerprint density at radius 2 is 1.91 bits per heavy atom. The monoisotopic (exact) mass is 355 g/mol. The maximum absolute atomic E-state index is 12.3. The van der Waals surface area contributed by atoms with Gasteiger partial charge in [0.1, 0.15) is 0 Å². The van der Waals surface area contributed by atoms with Gasteiger partial charge in [-0.1, -0.05) is 32.4 Å². The predicted octanol–water partition coefficient (Wildman–Crippen LogP) is 3.56. The quantitative estimate of drug-likeness (QED) is 0.895. The zero-order chi connectivity index (χ0) is 17.0. The van der Waals surface area contributed by atoms with Crippen molar-refractivity contribution in [3.8, 4) is 0 Å². The van der Waals surface area contributed by atoms with E-state index >= 15 is 0 Å². The minimum Gasteiger partial charge on any atom is -0.367 e. The second-order valence-electron chi connectivity index (χ2n) is 6.90. The lowest BCUT2D eigenvalue weighted by Gasteiger charge is -2.35. The molecule has 1 amide bonds. The molecule has 1 saturated heterocycles. The molecule has 4 nitrogen and oxygen atoms in total. The number of anilines is 2. The number of nitrogens with zero attached hydrogens (tertiary/aromatic N) is 2. The Labute approximate surface area is 148 Å². The van der Waals surface area contributed by atoms with Crippen molar-refractivity contribution in [2.75, 3.05) is 49.2 Å². The molecule has 0 radical (unpaired) electrons. The maximum Gasteiger partial charge on any atom is 0.234 e. The van der Waals surface area contributed by atoms with E-state index in [1.54, 1.807) is 11.8 Å². The molecule has 0 atom stereocenters. The Bertz CT molecular complexity index is 551. The molecule has 128 valence electrons. The Hall–Kier alpha value is -0.910. The summed E-state index contributed by atoms with van der Waals surface area (Å²) >= 11 is 7.77. The number of benzene rings is 1. The van der Waals surface area contributed by atoms with E-state index in [9.17, 15) is 4.79 Å². The Morgan fingerprint density at radius 1 is 1.26 bits per heavy atom. The molecule has 0 spiro atoms. The molecule has 0 aromatic heterocycles. The Balaban J connectivity index is 2.08. The van der Waals surface area contributed by atoms with Crippen LogP contribution in [-0.4, -0.2) is 54.5 Å². The van der Waals surface area contributed by atoms with Crippen molar-refractivity contribution < 1.29 is 4.79 Å². The zero-order valence-electron chi connectivity index (χ0n) is 14.4. The number of carbonyl (C=O) groups is 1. The first kappa shape index (κ1) is 18.4. The van der Waals surface area contributed by atoms with Crippen molar-refractivity contribution >= 4 is 40.6 Å². The smallest absolute Gasteiger partial charge is 0.234 e. The van der Waals surface area contributed by atoms with E-state index < -0.39 is 0 Å². The van der Waals surface area contributed by atoms with Crippen molar-refractivity contribution in [1.29, 1.82) is 0 Å². The number of amides is 1. The van der Waals surface area contributed by atoms with Crippen molar-refractivity contribution in [2.24, 2.45) is 0 Å². The van der Waals surface area contributed by atoms with Gasteiger partial charge < -0.3 is 15.1 Å². The highest BCUT2D eigenvalue weighted by Gasteiger charge is 2.19. The lowest BCUT2D eigenvalue weighted by atomic mass is 10.2. The standard InChI is InChI=1S/C17H26ClN3OS/c1-17(2,3)23-12-16(22)19-14-11-13(18)5-6-15(14)21-9-7-20(4)8-10-21/h5-6,11H,7-10,12H2,1-4H3,(H,19,22). The molecule has 2 rings (SSSR count). The maximum atomic E-state index is 12.3. The number of carbonyl (C=O) groups excluding carboxylic acids is 1. The topological polar surface area (TPSA) is 35.6 Å². The van der Waals surface area contributed by atoms with Crippen LogP contribution >= 0.6 is 23.4 Å². The average Bonchev–Trinajstić information content (AvgIpc) is 2.46. The number of hydrogen-bond acceptors (Lipinski definition) is 4. The normalized spacial score (nSPS) is 16.5. The van der Waals surface area contributed by atoms with Gasteiger partial charge in [0.05, 0.1) is 17.1 Å². The van der Waals surface area contributed by atoms with Gasteiger partial charge in [-0.2, -0.15) is 0 Å². The van der Waals surface area contributed by atoms with Gasteiger partial charge in [-0.15, -0.1) is 11.8 Å². The Morgan fingerprint density at radius 3 is 2.52 bits per heavy atom. The highest BCUT2D eigenvalue weighted by Crippen LogP contribution is 2.30. The lowest BCUT2D eigenvalue weighted by Crippen LogP contribution is -2.44. The van der Waals surface area contributed by atoms with E-state index in [4.69, 9.17) is 11.6 Å². The molecule has 0 unspecified atom stereocenters. The highest BCUT2D eigenvalue weighted by atomic mass is 35.5. The number of likely N-dealkylation sites (N-methyl/N-ethyl adjacent to an activating group) is 1. The molecule has 1 fully saturated rings. The SMILES string of the molecule is CN1CCN(c2ccc(Cl)cc2NC(=O)CSC(C)(C)C)CC1. The summed E-state index contributed by atoms with van der Waals surface area (Å²) in [5.74, 6) is 0.459. The van der Waals surface area contributed by atoms with E-state index in [1.165, 1.54) is 0 Å². The number of rotatable bonds is 4.